The van der Waals surface area contributed by atoms with E-state index in [0.717, 1.165) is 12.2 Å². The molecule has 6 heteroatoms. The van der Waals surface area contributed by atoms with Gasteiger partial charge in [0, 0.05) is 17.8 Å². The number of ether oxygens (including phenoxy) is 2. The van der Waals surface area contributed by atoms with Crippen LogP contribution < -0.4 is 19.7 Å². The average molecular weight is 439 g/mol. The van der Waals surface area contributed by atoms with Gasteiger partial charge in [-0.15, -0.1) is 0 Å². The fourth-order valence-corrected chi connectivity index (χ4v) is 3.49. The minimum Gasteiger partial charge on any atom is -0.491 e. The van der Waals surface area contributed by atoms with Gasteiger partial charge >= 0.3 is 0 Å². The number of nitrogens with zero attached hydrogens (tertiary/aromatic N) is 1. The van der Waals surface area contributed by atoms with Crippen molar-refractivity contribution in [3.63, 3.8) is 0 Å². The largest absolute Gasteiger partial charge is 0.491 e. The molecule has 0 bridgehead atoms. The van der Waals surface area contributed by atoms with Crippen LogP contribution in [0.3, 0.4) is 0 Å². The van der Waals surface area contributed by atoms with Crippen LogP contribution in [0, 0.1) is 11.3 Å². The molecule has 2 amide bonds. The van der Waals surface area contributed by atoms with Crippen LogP contribution in [0.25, 0.3) is 0 Å². The van der Waals surface area contributed by atoms with Gasteiger partial charge in [-0.05, 0) is 82.5 Å². The van der Waals surface area contributed by atoms with Crippen LogP contribution in [0.4, 0.5) is 11.4 Å². The first-order valence-electron chi connectivity index (χ1n) is 11.2. The molecule has 2 aromatic carbocycles. The van der Waals surface area contributed by atoms with Crippen LogP contribution in [0.2, 0.25) is 0 Å². The number of nitrogens with one attached hydrogen (secondary N) is 1. The molecule has 0 saturated heterocycles. The van der Waals surface area contributed by atoms with Gasteiger partial charge in [-0.1, -0.05) is 13.8 Å². The molecule has 0 atom stereocenters. The minimum absolute atomic E-state index is 0.0288. The highest BCUT2D eigenvalue weighted by atomic mass is 16.5. The van der Waals surface area contributed by atoms with Crippen LogP contribution >= 0.6 is 0 Å². The number of carbonyl (C=O) groups is 2. The summed E-state index contributed by atoms with van der Waals surface area (Å²) in [5, 5.41) is 2.94. The van der Waals surface area contributed by atoms with E-state index in [2.05, 4.69) is 19.2 Å². The molecule has 6 nitrogen and oxygen atoms in total. The Morgan fingerprint density at radius 3 is 2.44 bits per heavy atom. The summed E-state index contributed by atoms with van der Waals surface area (Å²) in [7, 11) is 0. The van der Waals surface area contributed by atoms with E-state index in [9.17, 15) is 9.59 Å². The molecule has 1 aliphatic heterocycles. The van der Waals surface area contributed by atoms with Gasteiger partial charge in [0.05, 0.1) is 17.2 Å². The summed E-state index contributed by atoms with van der Waals surface area (Å²) in [6, 6.07) is 12.5. The van der Waals surface area contributed by atoms with Crippen molar-refractivity contribution in [2.24, 2.45) is 11.3 Å². The topological polar surface area (TPSA) is 67.9 Å². The minimum atomic E-state index is -0.626. The molecule has 0 unspecified atom stereocenters. The third-order valence-electron chi connectivity index (χ3n) is 5.34. The molecule has 0 radical (unpaired) electrons. The number of anilines is 2. The van der Waals surface area contributed by atoms with Crippen LogP contribution in [-0.2, 0) is 4.79 Å². The van der Waals surface area contributed by atoms with Gasteiger partial charge in [-0.2, -0.15) is 0 Å². The van der Waals surface area contributed by atoms with Crippen molar-refractivity contribution >= 4 is 23.2 Å². The van der Waals surface area contributed by atoms with Crippen LogP contribution in [0.15, 0.2) is 42.5 Å². The number of fused-ring (bicyclic) bond motifs is 1. The lowest BCUT2D eigenvalue weighted by Crippen LogP contribution is -2.42. The molecule has 172 valence electrons. The maximum atomic E-state index is 13.3. The van der Waals surface area contributed by atoms with Crippen LogP contribution in [0.5, 0.6) is 11.5 Å². The van der Waals surface area contributed by atoms with Gasteiger partial charge in [-0.3, -0.25) is 9.59 Å². The first kappa shape index (κ1) is 23.6. The van der Waals surface area contributed by atoms with Crippen LogP contribution in [-0.4, -0.2) is 31.1 Å². The molecule has 1 aliphatic rings. The quantitative estimate of drug-likeness (QED) is 0.618. The van der Waals surface area contributed by atoms with Gasteiger partial charge in [-0.25, -0.2) is 0 Å². The summed E-state index contributed by atoms with van der Waals surface area (Å²) in [6.45, 7) is 12.9. The highest BCUT2D eigenvalue weighted by Crippen LogP contribution is 2.38. The molecule has 2 aromatic rings. The SMILES string of the molecule is CC(C)CCN1C(=O)C(C)(C)COc2ccc(NC(=O)c3ccc(OC(C)C)cc3)cc21. The zero-order valence-corrected chi connectivity index (χ0v) is 19.9. The summed E-state index contributed by atoms with van der Waals surface area (Å²) in [5.74, 6) is 1.64. The zero-order chi connectivity index (χ0) is 23.5. The van der Waals surface area contributed by atoms with Gasteiger partial charge in [0.15, 0.2) is 0 Å². The number of rotatable bonds is 7. The summed E-state index contributed by atoms with van der Waals surface area (Å²) >= 11 is 0. The number of benzene rings is 2. The monoisotopic (exact) mass is 438 g/mol. The normalized spacial score (nSPS) is 15.2. The highest BCUT2D eigenvalue weighted by Gasteiger charge is 2.37. The van der Waals surface area contributed by atoms with E-state index in [1.807, 2.05) is 39.8 Å². The van der Waals surface area contributed by atoms with E-state index in [0.29, 0.717) is 41.8 Å². The molecule has 0 saturated carbocycles. The lowest BCUT2D eigenvalue weighted by atomic mass is 9.92. The van der Waals surface area contributed by atoms with Crippen molar-refractivity contribution in [3.8, 4) is 11.5 Å². The average Bonchev–Trinajstić information content (AvgIpc) is 2.81. The maximum Gasteiger partial charge on any atom is 0.255 e. The molecular formula is C26H34N2O4. The molecule has 3 rings (SSSR count). The van der Waals surface area contributed by atoms with E-state index in [4.69, 9.17) is 9.47 Å². The lowest BCUT2D eigenvalue weighted by molar-refractivity contribution is -0.127. The maximum absolute atomic E-state index is 13.3. The predicted molar refractivity (Wildman–Crippen MR) is 128 cm³/mol. The van der Waals surface area contributed by atoms with Crippen molar-refractivity contribution < 1.29 is 19.1 Å². The fourth-order valence-electron chi connectivity index (χ4n) is 3.49. The molecule has 0 aromatic heterocycles. The number of amides is 2. The summed E-state index contributed by atoms with van der Waals surface area (Å²) in [6.07, 6.45) is 0.950. The molecule has 0 fully saturated rings. The Morgan fingerprint density at radius 2 is 1.81 bits per heavy atom. The van der Waals surface area contributed by atoms with Crippen molar-refractivity contribution in [1.82, 2.24) is 0 Å². The van der Waals surface area contributed by atoms with Crippen LogP contribution in [0.1, 0.15) is 58.3 Å². The second kappa shape index (κ2) is 9.63. The fraction of sp³-hybridized carbons (Fsp3) is 0.462. The van der Waals surface area contributed by atoms with E-state index in [1.54, 1.807) is 35.2 Å². The molecular weight excluding hydrogens is 404 g/mol. The Kier molecular flexibility index (Phi) is 7.12. The third kappa shape index (κ3) is 5.61. The molecule has 0 aliphatic carbocycles. The second-order valence-electron chi connectivity index (χ2n) is 9.64. The number of hydrogen-bond donors (Lipinski definition) is 1. The van der Waals surface area contributed by atoms with Gasteiger partial charge in [0.2, 0.25) is 5.91 Å². The zero-order valence-electron chi connectivity index (χ0n) is 19.9. The van der Waals surface area contributed by atoms with Gasteiger partial charge in [0.1, 0.15) is 18.1 Å². The first-order valence-corrected chi connectivity index (χ1v) is 11.2. The molecule has 32 heavy (non-hydrogen) atoms. The predicted octanol–water partition coefficient (Wildman–Crippen LogP) is 5.52. The smallest absolute Gasteiger partial charge is 0.255 e. The van der Waals surface area contributed by atoms with E-state index in [-0.39, 0.29) is 17.9 Å². The highest BCUT2D eigenvalue weighted by molar-refractivity contribution is 6.05. The molecule has 0 spiro atoms. The van der Waals surface area contributed by atoms with Gasteiger partial charge < -0.3 is 19.7 Å². The van der Waals surface area contributed by atoms with Crippen molar-refractivity contribution in [1.29, 1.82) is 0 Å². The lowest BCUT2D eigenvalue weighted by Gasteiger charge is -2.28. The Balaban J connectivity index is 1.83. The second-order valence-corrected chi connectivity index (χ2v) is 9.64. The summed E-state index contributed by atoms with van der Waals surface area (Å²) < 4.78 is 11.6. The summed E-state index contributed by atoms with van der Waals surface area (Å²) in [4.78, 5) is 27.8. The van der Waals surface area contributed by atoms with E-state index < -0.39 is 5.41 Å². The number of carbonyl (C=O) groups excluding carboxylic acids is 2. The standard InChI is InChI=1S/C26H34N2O4/c1-17(2)13-14-28-22-15-20(9-12-23(22)31-16-26(5,6)25(28)30)27-24(29)19-7-10-21(11-8-19)32-18(3)4/h7-12,15,17-18H,13-14,16H2,1-6H3,(H,27,29). The summed E-state index contributed by atoms with van der Waals surface area (Å²) in [5.41, 5.74) is 1.21. The Morgan fingerprint density at radius 1 is 1.12 bits per heavy atom. The van der Waals surface area contributed by atoms with Gasteiger partial charge in [0.25, 0.3) is 5.91 Å². The van der Waals surface area contributed by atoms with Crippen molar-refractivity contribution in [2.45, 2.75) is 54.1 Å². The first-order chi connectivity index (χ1) is 15.1. The molecule has 1 N–H and O–H groups in total. The Labute approximate surface area is 190 Å². The van der Waals surface area contributed by atoms with Crippen molar-refractivity contribution in [2.75, 3.05) is 23.4 Å². The third-order valence-corrected chi connectivity index (χ3v) is 5.34. The number of hydrogen-bond acceptors (Lipinski definition) is 4. The van der Waals surface area contributed by atoms with Crippen molar-refractivity contribution in [3.05, 3.63) is 48.0 Å². The van der Waals surface area contributed by atoms with E-state index in [1.165, 1.54) is 0 Å². The molecule has 1 heterocycles. The Hall–Kier alpha value is -3.02. The Bertz CT molecular complexity index is 964. The van der Waals surface area contributed by atoms with E-state index >= 15 is 0 Å².